The number of aliphatic carboxylic acids is 1. The summed E-state index contributed by atoms with van der Waals surface area (Å²) in [6, 6.07) is 11.7. The molecule has 3 nitrogen and oxygen atoms in total. The summed E-state index contributed by atoms with van der Waals surface area (Å²) in [5.41, 5.74) is 0.839. The molecule has 0 bridgehead atoms. The van der Waals surface area contributed by atoms with Crippen LogP contribution in [0.2, 0.25) is 0 Å². The average molecular weight is 335 g/mol. The zero-order valence-electron chi connectivity index (χ0n) is 11.3. The molecule has 2 aromatic rings. The van der Waals surface area contributed by atoms with Gasteiger partial charge in [0, 0.05) is 10.4 Å². The monoisotopic (exact) mass is 334 g/mol. The molecule has 0 aromatic heterocycles. The Labute approximate surface area is 125 Å². The van der Waals surface area contributed by atoms with Crippen LogP contribution in [0, 0.1) is 5.92 Å². The second-order valence-corrected chi connectivity index (χ2v) is 5.70. The molecule has 0 saturated carbocycles. The summed E-state index contributed by atoms with van der Waals surface area (Å²) in [5.74, 6) is -2.81. The Kier molecular flexibility index (Phi) is 4.23. The van der Waals surface area contributed by atoms with E-state index in [0.29, 0.717) is 0 Å². The van der Waals surface area contributed by atoms with E-state index in [0.717, 1.165) is 20.8 Å². The normalized spacial score (nSPS) is 13.9. The quantitative estimate of drug-likeness (QED) is 0.860. The van der Waals surface area contributed by atoms with E-state index in [2.05, 4.69) is 15.9 Å². The highest BCUT2D eigenvalue weighted by Gasteiger charge is 2.31. The number of halogens is 1. The molecule has 0 fully saturated rings. The van der Waals surface area contributed by atoms with Crippen molar-refractivity contribution in [3.8, 4) is 0 Å². The highest BCUT2D eigenvalue weighted by molar-refractivity contribution is 9.10. The molecular formula is C16H15BrO3. The predicted molar refractivity (Wildman–Crippen MR) is 81.9 cm³/mol. The van der Waals surface area contributed by atoms with Crippen molar-refractivity contribution in [3.05, 3.63) is 46.4 Å². The molecule has 0 amide bonds. The van der Waals surface area contributed by atoms with Gasteiger partial charge in [-0.3, -0.25) is 9.59 Å². The molecular weight excluding hydrogens is 320 g/mol. The Balaban J connectivity index is 2.54. The Morgan fingerprint density at radius 2 is 1.80 bits per heavy atom. The van der Waals surface area contributed by atoms with Crippen molar-refractivity contribution in [1.29, 1.82) is 0 Å². The molecule has 0 heterocycles. The first-order valence-corrected chi connectivity index (χ1v) is 7.13. The maximum absolute atomic E-state index is 11.6. The van der Waals surface area contributed by atoms with Crippen LogP contribution in [-0.2, 0) is 9.59 Å². The van der Waals surface area contributed by atoms with Crippen molar-refractivity contribution in [1.82, 2.24) is 0 Å². The molecule has 2 aromatic carbocycles. The topological polar surface area (TPSA) is 54.4 Å². The molecule has 0 radical (unpaired) electrons. The molecule has 104 valence electrons. The third kappa shape index (κ3) is 2.61. The van der Waals surface area contributed by atoms with Gasteiger partial charge in [-0.1, -0.05) is 43.3 Å². The van der Waals surface area contributed by atoms with Crippen LogP contribution < -0.4 is 0 Å². The minimum Gasteiger partial charge on any atom is -0.481 e. The Morgan fingerprint density at radius 1 is 1.15 bits per heavy atom. The molecule has 2 atom stereocenters. The lowest BCUT2D eigenvalue weighted by molar-refractivity contribution is -0.146. The molecule has 20 heavy (non-hydrogen) atoms. The van der Waals surface area contributed by atoms with Gasteiger partial charge in [0.05, 0.1) is 0 Å². The van der Waals surface area contributed by atoms with Gasteiger partial charge in [-0.2, -0.15) is 0 Å². The summed E-state index contributed by atoms with van der Waals surface area (Å²) >= 11 is 3.54. The number of carbonyl (C=O) groups is 2. The third-order valence-electron chi connectivity index (χ3n) is 3.59. The van der Waals surface area contributed by atoms with E-state index in [1.165, 1.54) is 6.92 Å². The number of Topliss-reactive ketones (excluding diaryl/α,β-unsaturated/α-hetero) is 1. The fourth-order valence-electron chi connectivity index (χ4n) is 2.52. The maximum atomic E-state index is 11.6. The fraction of sp³-hybridized carbons (Fsp3) is 0.250. The summed E-state index contributed by atoms with van der Waals surface area (Å²) in [4.78, 5) is 22.9. The minimum atomic E-state index is -1.08. The summed E-state index contributed by atoms with van der Waals surface area (Å²) in [6.45, 7) is 3.10. The summed E-state index contributed by atoms with van der Waals surface area (Å²) in [6.07, 6.45) is 0. The Bertz CT molecular complexity index is 664. The third-order valence-corrected chi connectivity index (χ3v) is 4.47. The smallest absolute Gasteiger partial charge is 0.314 e. The van der Waals surface area contributed by atoms with Gasteiger partial charge in [-0.05, 0) is 39.2 Å². The first kappa shape index (κ1) is 14.7. The van der Waals surface area contributed by atoms with Gasteiger partial charge in [0.2, 0.25) is 0 Å². The first-order valence-electron chi connectivity index (χ1n) is 6.34. The van der Waals surface area contributed by atoms with Crippen LogP contribution in [0.4, 0.5) is 0 Å². The summed E-state index contributed by atoms with van der Waals surface area (Å²) in [7, 11) is 0. The number of hydrogen-bond acceptors (Lipinski definition) is 2. The van der Waals surface area contributed by atoms with Gasteiger partial charge in [0.1, 0.15) is 11.7 Å². The number of carboxylic acid groups (broad SMARTS) is 1. The lowest BCUT2D eigenvalue weighted by atomic mass is 9.84. The highest BCUT2D eigenvalue weighted by atomic mass is 79.9. The van der Waals surface area contributed by atoms with E-state index in [9.17, 15) is 14.7 Å². The number of carbonyl (C=O) groups excluding carboxylic acids is 1. The zero-order chi connectivity index (χ0) is 14.9. The fourth-order valence-corrected chi connectivity index (χ4v) is 3.38. The van der Waals surface area contributed by atoms with E-state index in [4.69, 9.17) is 0 Å². The number of benzene rings is 2. The van der Waals surface area contributed by atoms with Gasteiger partial charge in [0.25, 0.3) is 0 Å². The van der Waals surface area contributed by atoms with Crippen LogP contribution in [0.3, 0.4) is 0 Å². The summed E-state index contributed by atoms with van der Waals surface area (Å²) < 4.78 is 0.857. The molecule has 0 aliphatic heterocycles. The first-order chi connectivity index (χ1) is 9.43. The Morgan fingerprint density at radius 3 is 2.40 bits per heavy atom. The van der Waals surface area contributed by atoms with Crippen molar-refractivity contribution in [2.75, 3.05) is 0 Å². The molecule has 4 heteroatoms. The molecule has 0 spiro atoms. The predicted octanol–water partition coefficient (Wildman–Crippen LogP) is 4.00. The van der Waals surface area contributed by atoms with Crippen molar-refractivity contribution < 1.29 is 14.7 Å². The molecule has 0 saturated heterocycles. The number of hydrogen-bond donors (Lipinski definition) is 1. The second kappa shape index (κ2) is 5.75. The molecule has 2 rings (SSSR count). The minimum absolute atomic E-state index is 0.329. The molecule has 0 aliphatic rings. The largest absolute Gasteiger partial charge is 0.481 e. The highest BCUT2D eigenvalue weighted by Crippen LogP contribution is 2.35. The molecule has 0 aliphatic carbocycles. The number of ketones is 1. The molecule has 2 unspecified atom stereocenters. The SMILES string of the molecule is CC(=O)C(C(=O)O)C(C)c1ccc2ccccc2c1Br. The van der Waals surface area contributed by atoms with Crippen molar-refractivity contribution in [2.24, 2.45) is 5.92 Å². The zero-order valence-corrected chi connectivity index (χ0v) is 12.8. The van der Waals surface area contributed by atoms with E-state index in [1.54, 1.807) is 6.92 Å². The van der Waals surface area contributed by atoms with Crippen molar-refractivity contribution in [2.45, 2.75) is 19.8 Å². The van der Waals surface area contributed by atoms with Gasteiger partial charge >= 0.3 is 5.97 Å². The van der Waals surface area contributed by atoms with Crippen LogP contribution in [0.25, 0.3) is 10.8 Å². The number of carboxylic acids is 1. The van der Waals surface area contributed by atoms with Crippen LogP contribution in [-0.4, -0.2) is 16.9 Å². The van der Waals surface area contributed by atoms with E-state index < -0.39 is 11.9 Å². The van der Waals surface area contributed by atoms with Crippen molar-refractivity contribution >= 4 is 38.5 Å². The van der Waals surface area contributed by atoms with Crippen LogP contribution >= 0.6 is 15.9 Å². The number of rotatable bonds is 4. The lowest BCUT2D eigenvalue weighted by Crippen LogP contribution is -2.27. The molecule has 1 N–H and O–H groups in total. The Hall–Kier alpha value is -1.68. The van der Waals surface area contributed by atoms with E-state index >= 15 is 0 Å². The lowest BCUT2D eigenvalue weighted by Gasteiger charge is -2.20. The standard InChI is InChI=1S/C16H15BrO3/c1-9(14(10(2)18)16(19)20)12-8-7-11-5-3-4-6-13(11)15(12)17/h3-9,14H,1-2H3,(H,19,20). The second-order valence-electron chi connectivity index (χ2n) is 4.91. The maximum Gasteiger partial charge on any atom is 0.314 e. The van der Waals surface area contributed by atoms with Crippen molar-refractivity contribution in [3.63, 3.8) is 0 Å². The van der Waals surface area contributed by atoms with Gasteiger partial charge in [0.15, 0.2) is 0 Å². The number of fused-ring (bicyclic) bond motifs is 1. The van der Waals surface area contributed by atoms with E-state index in [1.807, 2.05) is 36.4 Å². The van der Waals surface area contributed by atoms with Gasteiger partial charge < -0.3 is 5.11 Å². The summed E-state index contributed by atoms with van der Waals surface area (Å²) in [5, 5.41) is 11.3. The van der Waals surface area contributed by atoms with Crippen LogP contribution in [0.15, 0.2) is 40.9 Å². The van der Waals surface area contributed by atoms with Gasteiger partial charge in [-0.15, -0.1) is 0 Å². The van der Waals surface area contributed by atoms with E-state index in [-0.39, 0.29) is 11.7 Å². The van der Waals surface area contributed by atoms with Crippen LogP contribution in [0.5, 0.6) is 0 Å². The van der Waals surface area contributed by atoms with Gasteiger partial charge in [-0.25, -0.2) is 0 Å². The van der Waals surface area contributed by atoms with Crippen LogP contribution in [0.1, 0.15) is 25.3 Å². The average Bonchev–Trinajstić information content (AvgIpc) is 2.38.